The normalized spacial score (nSPS) is 25.0. The number of likely N-dealkylation sites (tertiary alicyclic amines) is 1. The van der Waals surface area contributed by atoms with Crippen molar-refractivity contribution < 1.29 is 13.2 Å². The fraction of sp³-hybridized carbons (Fsp3) is 0.923. The Kier molecular flexibility index (Phi) is 5.12. The molecule has 1 aliphatic carbocycles. The number of nitrogens with zero attached hydrogens (tertiary/aromatic N) is 2. The minimum atomic E-state index is -4.10. The van der Waals surface area contributed by atoms with Crippen molar-refractivity contribution in [2.75, 3.05) is 32.7 Å². The van der Waals surface area contributed by atoms with E-state index in [1.807, 2.05) is 6.92 Å². The maximum atomic E-state index is 12.3. The molecule has 0 aromatic heterocycles. The molecule has 2 N–H and O–H groups in total. The smallest absolute Gasteiger partial charge is 0.357 e. The highest BCUT2D eigenvalue weighted by Gasteiger charge is 2.34. The third-order valence-corrected chi connectivity index (χ3v) is 3.54. The molecule has 0 bridgehead atoms. The zero-order valence-electron chi connectivity index (χ0n) is 11.8. The van der Waals surface area contributed by atoms with Crippen LogP contribution in [0.5, 0.6) is 0 Å². The molecule has 1 saturated heterocycles. The minimum Gasteiger partial charge on any atom is -0.357 e. The van der Waals surface area contributed by atoms with Gasteiger partial charge in [-0.2, -0.15) is 13.2 Å². The average Bonchev–Trinajstić information content (AvgIpc) is 3.04. The van der Waals surface area contributed by atoms with Crippen molar-refractivity contribution in [2.45, 2.75) is 38.4 Å². The van der Waals surface area contributed by atoms with Crippen LogP contribution in [0, 0.1) is 5.92 Å². The monoisotopic (exact) mass is 292 g/mol. The van der Waals surface area contributed by atoms with Crippen LogP contribution in [-0.2, 0) is 0 Å². The Bertz CT molecular complexity index is 339. The quantitative estimate of drug-likeness (QED) is 0.597. The van der Waals surface area contributed by atoms with Gasteiger partial charge in [0.25, 0.3) is 0 Å². The number of guanidine groups is 1. The second kappa shape index (κ2) is 6.65. The number of hydrogen-bond donors (Lipinski definition) is 2. The number of rotatable bonds is 5. The number of alkyl halides is 3. The van der Waals surface area contributed by atoms with Crippen LogP contribution in [0.2, 0.25) is 0 Å². The summed E-state index contributed by atoms with van der Waals surface area (Å²) in [6, 6.07) is 0.526. The molecule has 1 heterocycles. The van der Waals surface area contributed by atoms with Crippen LogP contribution in [-0.4, -0.2) is 55.8 Å². The highest BCUT2D eigenvalue weighted by Crippen LogP contribution is 2.23. The fourth-order valence-electron chi connectivity index (χ4n) is 2.42. The largest absolute Gasteiger partial charge is 0.401 e. The predicted octanol–water partition coefficient (Wildman–Crippen LogP) is 1.59. The molecule has 1 saturated carbocycles. The predicted molar refractivity (Wildman–Crippen MR) is 72.7 cm³/mol. The van der Waals surface area contributed by atoms with Gasteiger partial charge in [-0.1, -0.05) is 0 Å². The highest BCUT2D eigenvalue weighted by molar-refractivity contribution is 5.80. The Hall–Kier alpha value is -0.980. The molecular formula is C13H23F3N4. The molecule has 0 aromatic carbocycles. The van der Waals surface area contributed by atoms with Gasteiger partial charge in [0.05, 0.1) is 6.54 Å². The fourth-order valence-corrected chi connectivity index (χ4v) is 2.42. The Morgan fingerprint density at radius 2 is 2.05 bits per heavy atom. The van der Waals surface area contributed by atoms with Gasteiger partial charge >= 0.3 is 6.18 Å². The van der Waals surface area contributed by atoms with Crippen molar-refractivity contribution in [2.24, 2.45) is 10.9 Å². The Balaban J connectivity index is 1.75. The van der Waals surface area contributed by atoms with Crippen LogP contribution in [0.3, 0.4) is 0 Å². The first-order valence-electron chi connectivity index (χ1n) is 7.30. The summed E-state index contributed by atoms with van der Waals surface area (Å²) in [5.41, 5.74) is 0. The van der Waals surface area contributed by atoms with Crippen LogP contribution >= 0.6 is 0 Å². The lowest BCUT2D eigenvalue weighted by Gasteiger charge is -2.17. The van der Waals surface area contributed by atoms with Crippen molar-refractivity contribution in [1.82, 2.24) is 15.5 Å². The van der Waals surface area contributed by atoms with Crippen LogP contribution in [0.15, 0.2) is 4.99 Å². The molecule has 4 nitrogen and oxygen atoms in total. The van der Waals surface area contributed by atoms with E-state index in [-0.39, 0.29) is 5.92 Å². The van der Waals surface area contributed by atoms with Gasteiger partial charge in [0.15, 0.2) is 5.96 Å². The molecule has 116 valence electrons. The Labute approximate surface area is 117 Å². The van der Waals surface area contributed by atoms with Gasteiger partial charge in [-0.15, -0.1) is 0 Å². The van der Waals surface area contributed by atoms with Crippen LogP contribution < -0.4 is 10.6 Å². The molecular weight excluding hydrogens is 269 g/mol. The van der Waals surface area contributed by atoms with Crippen molar-refractivity contribution in [3.05, 3.63) is 0 Å². The second-order valence-electron chi connectivity index (χ2n) is 5.64. The van der Waals surface area contributed by atoms with Gasteiger partial charge in [-0.25, -0.2) is 0 Å². The average molecular weight is 292 g/mol. The molecule has 2 fully saturated rings. The summed E-state index contributed by atoms with van der Waals surface area (Å²) < 4.78 is 36.9. The summed E-state index contributed by atoms with van der Waals surface area (Å²) in [5.74, 6) is 1.02. The van der Waals surface area contributed by atoms with Crippen LogP contribution in [0.4, 0.5) is 13.2 Å². The van der Waals surface area contributed by atoms with Crippen LogP contribution in [0.1, 0.15) is 26.2 Å². The molecule has 0 amide bonds. The van der Waals surface area contributed by atoms with Gasteiger partial charge in [-0.3, -0.25) is 9.89 Å². The van der Waals surface area contributed by atoms with E-state index >= 15 is 0 Å². The van der Waals surface area contributed by atoms with E-state index < -0.39 is 12.7 Å². The lowest BCUT2D eigenvalue weighted by atomic mass is 10.1. The van der Waals surface area contributed by atoms with E-state index in [2.05, 4.69) is 15.6 Å². The SMILES string of the molecule is CCNC(=NCC1CCN(CC(F)(F)F)C1)NC1CC1. The summed E-state index contributed by atoms with van der Waals surface area (Å²) in [6.45, 7) is 3.61. The van der Waals surface area contributed by atoms with E-state index in [0.717, 1.165) is 18.9 Å². The molecule has 2 aliphatic rings. The Morgan fingerprint density at radius 3 is 2.65 bits per heavy atom. The van der Waals surface area contributed by atoms with Gasteiger partial charge in [0.2, 0.25) is 0 Å². The maximum absolute atomic E-state index is 12.3. The van der Waals surface area contributed by atoms with Crippen molar-refractivity contribution in [3.63, 3.8) is 0 Å². The number of aliphatic imine (C=N–C) groups is 1. The van der Waals surface area contributed by atoms with Gasteiger partial charge < -0.3 is 10.6 Å². The van der Waals surface area contributed by atoms with E-state index in [4.69, 9.17) is 0 Å². The van der Waals surface area contributed by atoms with Crippen molar-refractivity contribution in [3.8, 4) is 0 Å². The first kappa shape index (κ1) is 15.4. The van der Waals surface area contributed by atoms with Gasteiger partial charge in [0, 0.05) is 25.7 Å². The van der Waals surface area contributed by atoms with E-state index in [9.17, 15) is 13.2 Å². The van der Waals surface area contributed by atoms with E-state index in [1.54, 1.807) is 0 Å². The zero-order chi connectivity index (χ0) is 14.6. The lowest BCUT2D eigenvalue weighted by Crippen LogP contribution is -2.39. The summed E-state index contributed by atoms with van der Waals surface area (Å²) in [6.07, 6.45) is -0.955. The minimum absolute atomic E-state index is 0.229. The Morgan fingerprint density at radius 1 is 1.30 bits per heavy atom. The van der Waals surface area contributed by atoms with E-state index in [0.29, 0.717) is 25.7 Å². The van der Waals surface area contributed by atoms with Crippen molar-refractivity contribution >= 4 is 5.96 Å². The maximum Gasteiger partial charge on any atom is 0.401 e. The molecule has 7 heteroatoms. The molecule has 0 spiro atoms. The summed E-state index contributed by atoms with van der Waals surface area (Å²) in [5, 5.41) is 6.48. The van der Waals surface area contributed by atoms with E-state index in [1.165, 1.54) is 17.7 Å². The molecule has 0 radical (unpaired) electrons. The highest BCUT2D eigenvalue weighted by atomic mass is 19.4. The summed E-state index contributed by atoms with van der Waals surface area (Å²) >= 11 is 0. The molecule has 1 aliphatic heterocycles. The van der Waals surface area contributed by atoms with Crippen LogP contribution in [0.25, 0.3) is 0 Å². The van der Waals surface area contributed by atoms with Crippen molar-refractivity contribution in [1.29, 1.82) is 0 Å². The first-order chi connectivity index (χ1) is 9.46. The third-order valence-electron chi connectivity index (χ3n) is 3.54. The second-order valence-corrected chi connectivity index (χ2v) is 5.64. The topological polar surface area (TPSA) is 39.7 Å². The molecule has 2 rings (SSSR count). The molecule has 0 aromatic rings. The zero-order valence-corrected chi connectivity index (χ0v) is 11.8. The molecule has 20 heavy (non-hydrogen) atoms. The number of nitrogens with one attached hydrogen (secondary N) is 2. The number of halogens is 3. The third kappa shape index (κ3) is 5.56. The lowest BCUT2D eigenvalue weighted by molar-refractivity contribution is -0.143. The molecule has 1 atom stereocenters. The number of hydrogen-bond acceptors (Lipinski definition) is 2. The van der Waals surface area contributed by atoms with Gasteiger partial charge in [0.1, 0.15) is 0 Å². The summed E-state index contributed by atoms with van der Waals surface area (Å²) in [4.78, 5) is 5.97. The first-order valence-corrected chi connectivity index (χ1v) is 7.30. The standard InChI is InChI=1S/C13H23F3N4/c1-2-17-12(19-11-3-4-11)18-7-10-5-6-20(8-10)9-13(14,15)16/h10-11H,2-9H2,1H3,(H2,17,18,19). The molecule has 1 unspecified atom stereocenters. The van der Waals surface area contributed by atoms with Gasteiger partial charge in [-0.05, 0) is 38.6 Å². The summed E-state index contributed by atoms with van der Waals surface area (Å²) in [7, 11) is 0.